The van der Waals surface area contributed by atoms with E-state index in [9.17, 15) is 0 Å². The number of hydrogen-bond donors (Lipinski definition) is 0. The summed E-state index contributed by atoms with van der Waals surface area (Å²) in [6.45, 7) is 0. The van der Waals surface area contributed by atoms with E-state index in [-0.39, 0.29) is 105 Å². The summed E-state index contributed by atoms with van der Waals surface area (Å²) in [6.07, 6.45) is 0. The maximum atomic E-state index is 8.55. The Balaban J connectivity index is -0.0000000267. The van der Waals surface area contributed by atoms with Crippen molar-refractivity contribution in [3.05, 3.63) is 0 Å². The Hall–Kier alpha value is 3.63. The molecule has 0 aliphatic heterocycles. The van der Waals surface area contributed by atoms with E-state index in [1.807, 2.05) is 0 Å². The van der Waals surface area contributed by atoms with E-state index in [2.05, 4.69) is 0 Å². The van der Waals surface area contributed by atoms with Crippen LogP contribution in [0.25, 0.3) is 0 Å². The summed E-state index contributed by atoms with van der Waals surface area (Å²) < 4.78 is 8.55. The van der Waals surface area contributed by atoms with E-state index in [1.54, 1.807) is 0 Å². The normalized spacial score (nSPS) is 7.38. The van der Waals surface area contributed by atoms with Crippen molar-refractivity contribution < 1.29 is 48.8 Å². The zero-order valence-corrected chi connectivity index (χ0v) is 11.8. The zero-order valence-electron chi connectivity index (χ0n) is 4.49. The van der Waals surface area contributed by atoms with E-state index in [0.29, 0.717) is 0 Å². The van der Waals surface area contributed by atoms with Gasteiger partial charge in [0.05, 0.1) is 0 Å². The van der Waals surface area contributed by atoms with Crippen LogP contribution in [0.5, 0.6) is 0 Å². The zero-order chi connectivity index (χ0) is 4.50. The van der Waals surface area contributed by atoms with E-state index >= 15 is 0 Å². The second kappa shape index (κ2) is 10.6. The Bertz CT molecular complexity index is 60.2. The van der Waals surface area contributed by atoms with Gasteiger partial charge < -0.3 is 19.2 Å². The Kier molecular flexibility index (Phi) is 30.0. The van der Waals surface area contributed by atoms with E-state index in [1.165, 1.54) is 0 Å². The fourth-order valence-corrected chi connectivity index (χ4v) is 0. The maximum Gasteiger partial charge on any atom is 2.00 e. The van der Waals surface area contributed by atoms with Crippen LogP contribution in [-0.4, -0.2) is 75.5 Å². The van der Waals surface area contributed by atoms with Crippen LogP contribution in [0.15, 0.2) is 0 Å². The molecule has 0 aliphatic carbocycles. The van der Waals surface area contributed by atoms with Gasteiger partial charge in [0.15, 0.2) is 0 Å². The van der Waals surface area contributed by atoms with Crippen LogP contribution in [-0.2, 0) is 4.57 Å². The molecule has 4 nitrogen and oxygen atoms in total. The maximum absolute atomic E-state index is 8.55. The van der Waals surface area contributed by atoms with Crippen LogP contribution >= 0.6 is 7.82 Å². The third-order valence-corrected chi connectivity index (χ3v) is 0. The summed E-state index contributed by atoms with van der Waals surface area (Å²) in [5.74, 6) is 0. The molecule has 0 spiro atoms. The van der Waals surface area contributed by atoms with Gasteiger partial charge in [0.1, 0.15) is 0 Å². The topological polar surface area (TPSA) is 86.2 Å². The van der Waals surface area contributed by atoms with Crippen LogP contribution < -0.4 is 44.2 Å². The van der Waals surface area contributed by atoms with Crippen LogP contribution in [0.3, 0.4) is 0 Å². The van der Waals surface area contributed by atoms with Gasteiger partial charge in [-0.2, -0.15) is 7.82 Å². The molecular weight excluding hydrogens is 198 g/mol. The minimum atomic E-state index is -5.39. The van der Waals surface area contributed by atoms with Gasteiger partial charge in [0.2, 0.25) is 0 Å². The van der Waals surface area contributed by atoms with Crippen LogP contribution in [0.1, 0.15) is 0 Å². The molecule has 0 fully saturated rings. The van der Waals surface area contributed by atoms with E-state index < -0.39 is 7.82 Å². The van der Waals surface area contributed by atoms with Crippen molar-refractivity contribution in [2.45, 2.75) is 0 Å². The monoisotopic (exact) mass is 198 g/mol. The van der Waals surface area contributed by atoms with Crippen LogP contribution in [0.4, 0.5) is 0 Å². The van der Waals surface area contributed by atoms with Gasteiger partial charge in [-0.1, -0.05) is 0 Å². The molecule has 0 N–H and O–H groups in total. The molecule has 0 saturated heterocycles. The molecule has 0 heterocycles. The SMILES string of the molecule is O=P([O-])([O-])[O-].[Ca+2].[Ca+2].[Na+]. The summed E-state index contributed by atoms with van der Waals surface area (Å²) in [7, 11) is -5.39. The van der Waals surface area contributed by atoms with Crippen molar-refractivity contribution in [3.8, 4) is 0 Å². The third-order valence-electron chi connectivity index (χ3n) is 0. The average Bonchev–Trinajstić information content (AvgIpc) is 0.722. The predicted octanol–water partition coefficient (Wildman–Crippen LogP) is -6.58. The quantitative estimate of drug-likeness (QED) is 0.286. The summed E-state index contributed by atoms with van der Waals surface area (Å²) >= 11 is 0. The first-order chi connectivity index (χ1) is 2.00. The molecule has 0 amide bonds. The molecule has 0 unspecified atom stereocenters. The molecule has 0 bridgehead atoms. The Morgan fingerprint density at radius 2 is 1.00 bits per heavy atom. The minimum absolute atomic E-state index is 0. The first kappa shape index (κ1) is 22.6. The van der Waals surface area contributed by atoms with Gasteiger partial charge >= 0.3 is 105 Å². The van der Waals surface area contributed by atoms with Crippen molar-refractivity contribution in [1.82, 2.24) is 0 Å². The fourth-order valence-electron chi connectivity index (χ4n) is 0. The summed E-state index contributed by atoms with van der Waals surface area (Å²) in [5, 5.41) is 0. The minimum Gasteiger partial charge on any atom is -0.822 e. The number of hydrogen-bond acceptors (Lipinski definition) is 4. The Morgan fingerprint density at radius 3 is 1.00 bits per heavy atom. The molecule has 8 heavy (non-hydrogen) atoms. The second-order valence-electron chi connectivity index (χ2n) is 0.447. The fraction of sp³-hybridized carbons (Fsp3) is 0. The molecule has 0 radical (unpaired) electrons. The molecule has 0 rings (SSSR count). The van der Waals surface area contributed by atoms with Gasteiger partial charge in [-0.15, -0.1) is 0 Å². The van der Waals surface area contributed by atoms with Crippen LogP contribution in [0.2, 0.25) is 0 Å². The smallest absolute Gasteiger partial charge is 0.822 e. The predicted molar refractivity (Wildman–Crippen MR) is 19.1 cm³/mol. The third kappa shape index (κ3) is 54.4. The van der Waals surface area contributed by atoms with E-state index in [0.717, 1.165) is 0 Å². The second-order valence-corrected chi connectivity index (χ2v) is 1.34. The van der Waals surface area contributed by atoms with Crippen LogP contribution in [0, 0.1) is 0 Å². The van der Waals surface area contributed by atoms with Gasteiger partial charge in [0.25, 0.3) is 0 Å². The molecule has 0 saturated carbocycles. The number of rotatable bonds is 0. The molecule has 0 atom stereocenters. The van der Waals surface area contributed by atoms with Gasteiger partial charge in [-0.25, -0.2) is 0 Å². The van der Waals surface area contributed by atoms with E-state index in [4.69, 9.17) is 19.2 Å². The average molecular weight is 198 g/mol. The number of phosphoric acid groups is 1. The van der Waals surface area contributed by atoms with Crippen molar-refractivity contribution in [1.29, 1.82) is 0 Å². The van der Waals surface area contributed by atoms with Crippen molar-refractivity contribution in [3.63, 3.8) is 0 Å². The molecule has 0 aromatic carbocycles. The Labute approximate surface area is 129 Å². The first-order valence-electron chi connectivity index (χ1n) is 0.730. The largest absolute Gasteiger partial charge is 2.00 e. The van der Waals surface area contributed by atoms with Gasteiger partial charge in [-0.3, -0.25) is 0 Å². The molecule has 8 heteroatoms. The Morgan fingerprint density at radius 1 is 1.00 bits per heavy atom. The summed E-state index contributed by atoms with van der Waals surface area (Å²) in [6, 6.07) is 0. The summed E-state index contributed by atoms with van der Waals surface area (Å²) in [5.41, 5.74) is 0. The standard InChI is InChI=1S/2Ca.Na.H3O4P/c;;;1-5(2,3)4/h;;;(H3,1,2,3,4)/q2*+2;+1;/p-3. The molecule has 0 aromatic heterocycles. The van der Waals surface area contributed by atoms with Crippen molar-refractivity contribution in [2.24, 2.45) is 0 Å². The molecule has 32 valence electrons. The van der Waals surface area contributed by atoms with Gasteiger partial charge in [-0.05, 0) is 0 Å². The molecule has 0 aromatic rings. The first-order valence-corrected chi connectivity index (χ1v) is 2.19. The molecule has 0 aliphatic rings. The van der Waals surface area contributed by atoms with Gasteiger partial charge in [0, 0.05) is 0 Å². The molecular formula is Ca2NaO4P+2. The van der Waals surface area contributed by atoms with Crippen molar-refractivity contribution >= 4 is 83.3 Å². The summed E-state index contributed by atoms with van der Waals surface area (Å²) in [4.78, 5) is 25.6. The van der Waals surface area contributed by atoms with Crippen molar-refractivity contribution in [2.75, 3.05) is 0 Å².